The Morgan fingerprint density at radius 3 is 2.39 bits per heavy atom. The fourth-order valence-electron chi connectivity index (χ4n) is 2.13. The third kappa shape index (κ3) is 4.28. The molecule has 2 aromatic rings. The molecule has 0 aromatic heterocycles. The SMILES string of the molecule is Cc1ccccc1-c1ccc(CS/C(NN)=C(/N)C(=O)O)cc1. The predicted octanol–water partition coefficient (Wildman–Crippen LogP) is 2.57. The van der Waals surface area contributed by atoms with Crippen LogP contribution in [-0.2, 0) is 10.5 Å². The van der Waals surface area contributed by atoms with Gasteiger partial charge in [0.2, 0.25) is 0 Å². The minimum atomic E-state index is -1.19. The molecule has 0 spiro atoms. The standard InChI is InChI=1S/C17H19N3O2S/c1-11-4-2-3-5-14(11)13-8-6-12(7-9-13)10-23-16(20-19)15(18)17(21)22/h2-9,20H,10,18-19H2,1H3,(H,21,22)/b16-15+. The Hall–Kier alpha value is -2.44. The van der Waals surface area contributed by atoms with Gasteiger partial charge in [-0.1, -0.05) is 48.5 Å². The van der Waals surface area contributed by atoms with Gasteiger partial charge in [0.15, 0.2) is 0 Å². The Morgan fingerprint density at radius 1 is 1.17 bits per heavy atom. The minimum absolute atomic E-state index is 0.250. The number of aliphatic carboxylic acids is 1. The molecule has 2 rings (SSSR count). The Kier molecular flexibility index (Phi) is 5.67. The number of hydrogen-bond acceptors (Lipinski definition) is 5. The van der Waals surface area contributed by atoms with E-state index in [-0.39, 0.29) is 10.7 Å². The van der Waals surface area contributed by atoms with E-state index >= 15 is 0 Å². The van der Waals surface area contributed by atoms with Gasteiger partial charge in [-0.25, -0.2) is 10.6 Å². The lowest BCUT2D eigenvalue weighted by atomic mass is 10.00. The van der Waals surface area contributed by atoms with E-state index < -0.39 is 5.97 Å². The lowest BCUT2D eigenvalue weighted by Crippen LogP contribution is -2.26. The highest BCUT2D eigenvalue weighted by Crippen LogP contribution is 2.25. The Bertz CT molecular complexity index is 727. The molecule has 0 saturated heterocycles. The highest BCUT2D eigenvalue weighted by molar-refractivity contribution is 8.02. The summed E-state index contributed by atoms with van der Waals surface area (Å²) in [5.41, 5.74) is 12.1. The summed E-state index contributed by atoms with van der Waals surface area (Å²) in [5.74, 6) is 4.70. The highest BCUT2D eigenvalue weighted by Gasteiger charge is 2.10. The van der Waals surface area contributed by atoms with Crippen LogP contribution in [0.15, 0.2) is 59.3 Å². The number of nitrogens with two attached hydrogens (primary N) is 2. The number of aryl methyl sites for hydroxylation is 1. The van der Waals surface area contributed by atoms with Crippen LogP contribution in [0.25, 0.3) is 11.1 Å². The number of nitrogens with one attached hydrogen (secondary N) is 1. The van der Waals surface area contributed by atoms with Crippen LogP contribution in [0.4, 0.5) is 0 Å². The van der Waals surface area contributed by atoms with Gasteiger partial charge in [0.1, 0.15) is 10.7 Å². The molecule has 0 aliphatic heterocycles. The molecule has 0 aliphatic rings. The van der Waals surface area contributed by atoms with Crippen LogP contribution in [0.5, 0.6) is 0 Å². The first-order chi connectivity index (χ1) is 11.0. The summed E-state index contributed by atoms with van der Waals surface area (Å²) in [4.78, 5) is 10.9. The van der Waals surface area contributed by atoms with Crippen molar-refractivity contribution in [3.05, 3.63) is 70.4 Å². The summed E-state index contributed by atoms with van der Waals surface area (Å²) in [5, 5.41) is 9.13. The second-order valence-corrected chi connectivity index (χ2v) is 5.98. The van der Waals surface area contributed by atoms with Crippen molar-refractivity contribution in [2.45, 2.75) is 12.7 Å². The number of carboxylic acids is 1. The molecule has 0 atom stereocenters. The lowest BCUT2D eigenvalue weighted by molar-refractivity contribution is -0.132. The Balaban J connectivity index is 2.11. The predicted molar refractivity (Wildman–Crippen MR) is 94.1 cm³/mol. The highest BCUT2D eigenvalue weighted by atomic mass is 32.2. The third-order valence-electron chi connectivity index (χ3n) is 3.40. The fourth-order valence-corrected chi connectivity index (χ4v) is 2.96. The number of hydrogen-bond donors (Lipinski definition) is 4. The van der Waals surface area contributed by atoms with E-state index in [1.807, 2.05) is 24.3 Å². The fraction of sp³-hybridized carbons (Fsp3) is 0.118. The first-order valence-corrected chi connectivity index (χ1v) is 7.99. The van der Waals surface area contributed by atoms with Gasteiger partial charge in [-0.2, -0.15) is 0 Å². The summed E-state index contributed by atoms with van der Waals surface area (Å²) in [7, 11) is 0. The average molecular weight is 329 g/mol. The van der Waals surface area contributed by atoms with E-state index in [4.69, 9.17) is 16.7 Å². The maximum Gasteiger partial charge on any atom is 0.354 e. The first kappa shape index (κ1) is 16.9. The molecule has 0 fully saturated rings. The molecule has 0 radical (unpaired) electrons. The molecule has 6 heteroatoms. The van der Waals surface area contributed by atoms with E-state index in [0.29, 0.717) is 5.75 Å². The second-order valence-electron chi connectivity index (χ2n) is 4.99. The van der Waals surface area contributed by atoms with Crippen molar-refractivity contribution in [2.24, 2.45) is 11.6 Å². The van der Waals surface area contributed by atoms with Crippen molar-refractivity contribution < 1.29 is 9.90 Å². The zero-order valence-electron chi connectivity index (χ0n) is 12.7. The quantitative estimate of drug-likeness (QED) is 0.369. The van der Waals surface area contributed by atoms with Gasteiger partial charge in [0.25, 0.3) is 0 Å². The topological polar surface area (TPSA) is 101 Å². The molecule has 23 heavy (non-hydrogen) atoms. The molecule has 0 aliphatic carbocycles. The lowest BCUT2D eigenvalue weighted by Gasteiger charge is -2.09. The van der Waals surface area contributed by atoms with E-state index in [0.717, 1.165) is 11.1 Å². The summed E-state index contributed by atoms with van der Waals surface area (Å²) in [6.07, 6.45) is 0. The van der Waals surface area contributed by atoms with Gasteiger partial charge < -0.3 is 16.3 Å². The van der Waals surface area contributed by atoms with E-state index in [2.05, 4.69) is 36.6 Å². The molecule has 6 N–H and O–H groups in total. The molecule has 0 saturated carbocycles. The maximum atomic E-state index is 10.9. The van der Waals surface area contributed by atoms with Crippen LogP contribution < -0.4 is 17.0 Å². The minimum Gasteiger partial charge on any atom is -0.477 e. The third-order valence-corrected chi connectivity index (χ3v) is 4.50. The van der Waals surface area contributed by atoms with E-state index in [1.165, 1.54) is 22.9 Å². The van der Waals surface area contributed by atoms with Crippen molar-refractivity contribution in [1.29, 1.82) is 0 Å². The van der Waals surface area contributed by atoms with E-state index in [9.17, 15) is 4.79 Å². The monoisotopic (exact) mass is 329 g/mol. The van der Waals surface area contributed by atoms with Gasteiger partial charge in [-0.3, -0.25) is 0 Å². The number of carboxylic acid groups (broad SMARTS) is 1. The summed E-state index contributed by atoms with van der Waals surface area (Å²) in [6, 6.07) is 16.3. The molecule has 0 heterocycles. The summed E-state index contributed by atoms with van der Waals surface area (Å²) >= 11 is 1.25. The van der Waals surface area contributed by atoms with Crippen molar-refractivity contribution >= 4 is 17.7 Å². The van der Waals surface area contributed by atoms with Crippen molar-refractivity contribution in [3.63, 3.8) is 0 Å². The van der Waals surface area contributed by atoms with Crippen LogP contribution in [-0.4, -0.2) is 11.1 Å². The number of hydrazine groups is 1. The molecule has 2 aromatic carbocycles. The largest absolute Gasteiger partial charge is 0.477 e. The van der Waals surface area contributed by atoms with Gasteiger partial charge >= 0.3 is 5.97 Å². The molecule has 120 valence electrons. The second kappa shape index (κ2) is 7.71. The van der Waals surface area contributed by atoms with Crippen LogP contribution >= 0.6 is 11.8 Å². The molecule has 0 unspecified atom stereocenters. The molecular formula is C17H19N3O2S. The van der Waals surface area contributed by atoms with Gasteiger partial charge in [-0.15, -0.1) is 11.8 Å². The maximum absolute atomic E-state index is 10.9. The van der Waals surface area contributed by atoms with Crippen molar-refractivity contribution in [1.82, 2.24) is 5.43 Å². The van der Waals surface area contributed by atoms with E-state index in [1.54, 1.807) is 0 Å². The van der Waals surface area contributed by atoms with Gasteiger partial charge in [0.05, 0.1) is 0 Å². The van der Waals surface area contributed by atoms with Crippen LogP contribution in [0, 0.1) is 6.92 Å². The first-order valence-electron chi connectivity index (χ1n) is 7.00. The van der Waals surface area contributed by atoms with Gasteiger partial charge in [-0.05, 0) is 29.2 Å². The van der Waals surface area contributed by atoms with Crippen molar-refractivity contribution in [2.75, 3.05) is 0 Å². The smallest absolute Gasteiger partial charge is 0.354 e. The van der Waals surface area contributed by atoms with Crippen LogP contribution in [0.3, 0.4) is 0 Å². The number of thioether (sulfide) groups is 1. The van der Waals surface area contributed by atoms with Crippen LogP contribution in [0.1, 0.15) is 11.1 Å². The Labute approximate surface area is 139 Å². The van der Waals surface area contributed by atoms with Crippen molar-refractivity contribution in [3.8, 4) is 11.1 Å². The molecule has 0 amide bonds. The average Bonchev–Trinajstić information content (AvgIpc) is 2.56. The normalized spacial score (nSPS) is 11.7. The Morgan fingerprint density at radius 2 is 1.83 bits per heavy atom. The number of carbonyl (C=O) groups is 1. The summed E-state index contributed by atoms with van der Waals surface area (Å²) in [6.45, 7) is 2.08. The molecule has 5 nitrogen and oxygen atoms in total. The zero-order chi connectivity index (χ0) is 16.8. The number of rotatable bonds is 6. The van der Waals surface area contributed by atoms with Gasteiger partial charge in [0, 0.05) is 5.75 Å². The van der Waals surface area contributed by atoms with Crippen LogP contribution in [0.2, 0.25) is 0 Å². The zero-order valence-corrected chi connectivity index (χ0v) is 13.6. The molecule has 0 bridgehead atoms. The molecular weight excluding hydrogens is 310 g/mol. The number of benzene rings is 2. The summed E-state index contributed by atoms with van der Waals surface area (Å²) < 4.78 is 0.